The molecule has 1 atom stereocenters. The van der Waals surface area contributed by atoms with Crippen LogP contribution in [0.2, 0.25) is 5.02 Å². The Labute approximate surface area is 201 Å². The number of hydrogen-bond acceptors (Lipinski definition) is 4. The van der Waals surface area contributed by atoms with Gasteiger partial charge in [0.2, 0.25) is 17.7 Å². The Hall–Kier alpha value is -2.71. The van der Waals surface area contributed by atoms with E-state index in [0.717, 1.165) is 31.2 Å². The van der Waals surface area contributed by atoms with Crippen LogP contribution < -0.4 is 15.5 Å². The van der Waals surface area contributed by atoms with Gasteiger partial charge in [-0.25, -0.2) is 0 Å². The number of hydrogen-bond donors (Lipinski definition) is 2. The van der Waals surface area contributed by atoms with E-state index in [-0.39, 0.29) is 30.0 Å². The van der Waals surface area contributed by atoms with Crippen LogP contribution in [0.1, 0.15) is 31.2 Å². The third kappa shape index (κ3) is 7.98. The molecule has 2 aromatic carbocycles. The number of aryl methyl sites for hydroxylation is 1. The van der Waals surface area contributed by atoms with Gasteiger partial charge in [-0.3, -0.25) is 18.6 Å². The second kappa shape index (κ2) is 12.0. The highest BCUT2D eigenvalue weighted by atomic mass is 35.5. The maximum atomic E-state index is 13.0. The smallest absolute Gasteiger partial charge is 0.240 e. The van der Waals surface area contributed by atoms with Crippen LogP contribution in [0.3, 0.4) is 0 Å². The number of carbonyl (C=O) groups is 3. The number of carbonyl (C=O) groups excluding carboxylic acids is 3. The molecule has 2 N–H and O–H groups in total. The van der Waals surface area contributed by atoms with E-state index in [0.29, 0.717) is 16.4 Å². The molecule has 0 bridgehead atoms. The van der Waals surface area contributed by atoms with E-state index in [1.54, 1.807) is 36.4 Å². The van der Waals surface area contributed by atoms with Crippen molar-refractivity contribution in [1.82, 2.24) is 5.32 Å². The topological polar surface area (TPSA) is 95.6 Å². The van der Waals surface area contributed by atoms with Crippen LogP contribution in [0.15, 0.2) is 48.5 Å². The minimum absolute atomic E-state index is 0.124. The number of anilines is 2. The lowest BCUT2D eigenvalue weighted by Crippen LogP contribution is -2.45. The average Bonchev–Trinajstić information content (AvgIpc) is 3.27. The first-order chi connectivity index (χ1) is 15.8. The van der Waals surface area contributed by atoms with Crippen molar-refractivity contribution in [2.75, 3.05) is 28.3 Å². The molecule has 1 aliphatic carbocycles. The Balaban J connectivity index is 1.61. The first kappa shape index (κ1) is 24.9. The molecule has 33 heavy (non-hydrogen) atoms. The number of amides is 3. The highest BCUT2D eigenvalue weighted by Crippen LogP contribution is 2.20. The molecule has 0 unspecified atom stereocenters. The fourth-order valence-electron chi connectivity index (χ4n) is 3.68. The third-order valence-electron chi connectivity index (χ3n) is 5.37. The summed E-state index contributed by atoms with van der Waals surface area (Å²) in [6.45, 7) is 1.75. The minimum atomic E-state index is -1.74. The number of benzene rings is 2. The van der Waals surface area contributed by atoms with Gasteiger partial charge >= 0.3 is 0 Å². The van der Waals surface area contributed by atoms with Crippen molar-refractivity contribution in [2.45, 2.75) is 38.6 Å². The molecule has 2 aromatic rings. The quantitative estimate of drug-likeness (QED) is 0.564. The number of nitrogens with one attached hydrogen (secondary N) is 2. The van der Waals surface area contributed by atoms with E-state index >= 15 is 0 Å². The first-order valence-electron chi connectivity index (χ1n) is 10.9. The molecule has 0 aromatic heterocycles. The van der Waals surface area contributed by atoms with Crippen LogP contribution in [0, 0.1) is 6.92 Å². The van der Waals surface area contributed by atoms with Gasteiger partial charge in [-0.15, -0.1) is 0 Å². The normalized spacial score (nSPS) is 14.5. The van der Waals surface area contributed by atoms with E-state index in [4.69, 9.17) is 11.6 Å². The van der Waals surface area contributed by atoms with Crippen LogP contribution in [0.4, 0.5) is 11.4 Å². The van der Waals surface area contributed by atoms with Crippen LogP contribution in [0.5, 0.6) is 0 Å². The molecule has 0 heterocycles. The van der Waals surface area contributed by atoms with Crippen LogP contribution in [-0.4, -0.2) is 46.0 Å². The summed E-state index contributed by atoms with van der Waals surface area (Å²) in [5.41, 5.74) is 2.13. The largest absolute Gasteiger partial charge is 0.352 e. The zero-order chi connectivity index (χ0) is 23.8. The predicted molar refractivity (Wildman–Crippen MR) is 132 cm³/mol. The monoisotopic (exact) mass is 489 g/mol. The van der Waals surface area contributed by atoms with E-state index in [2.05, 4.69) is 10.6 Å². The van der Waals surface area contributed by atoms with Crippen LogP contribution in [-0.2, 0) is 25.2 Å². The molecule has 3 amide bonds. The van der Waals surface area contributed by atoms with Gasteiger partial charge in [-0.05, 0) is 56.2 Å². The van der Waals surface area contributed by atoms with Crippen molar-refractivity contribution in [3.63, 3.8) is 0 Å². The molecule has 0 saturated heterocycles. The summed E-state index contributed by atoms with van der Waals surface area (Å²) >= 11 is 5.96. The Morgan fingerprint density at radius 2 is 1.61 bits per heavy atom. The Morgan fingerprint density at radius 1 is 0.970 bits per heavy atom. The number of rotatable bonds is 9. The fraction of sp³-hybridized carbons (Fsp3) is 0.375. The van der Waals surface area contributed by atoms with E-state index in [1.165, 1.54) is 4.90 Å². The standard InChI is InChI=1S/C24H28ClN3O4S/c1-17-6-10-20(11-7-17)27-23(30)15-33(32)16-24(31)28(21-12-8-18(25)9-13-21)14-22(29)26-19-4-2-3-5-19/h6-13,19H,2-5,14-16H2,1H3,(H,26,29)(H,27,30)/t33-/m0/s1. The number of halogens is 1. The summed E-state index contributed by atoms with van der Waals surface area (Å²) in [7, 11) is -1.74. The van der Waals surface area contributed by atoms with Crippen molar-refractivity contribution in [1.29, 1.82) is 0 Å². The molecule has 0 radical (unpaired) electrons. The van der Waals surface area contributed by atoms with Crippen molar-refractivity contribution in [3.8, 4) is 0 Å². The molecule has 1 aliphatic rings. The first-order valence-corrected chi connectivity index (χ1v) is 12.7. The highest BCUT2D eigenvalue weighted by Gasteiger charge is 2.24. The summed E-state index contributed by atoms with van der Waals surface area (Å²) in [6.07, 6.45) is 4.02. The second-order valence-corrected chi connectivity index (χ2v) is 10.0. The zero-order valence-corrected chi connectivity index (χ0v) is 20.1. The average molecular weight is 490 g/mol. The summed E-state index contributed by atoms with van der Waals surface area (Å²) < 4.78 is 12.5. The molecular formula is C24H28ClN3O4S. The summed E-state index contributed by atoms with van der Waals surface area (Å²) in [6, 6.07) is 13.9. The van der Waals surface area contributed by atoms with E-state index < -0.39 is 22.6 Å². The lowest BCUT2D eigenvalue weighted by Gasteiger charge is -2.23. The molecule has 0 spiro atoms. The van der Waals surface area contributed by atoms with Gasteiger partial charge in [-0.2, -0.15) is 0 Å². The van der Waals surface area contributed by atoms with Crippen molar-refractivity contribution in [3.05, 3.63) is 59.1 Å². The summed E-state index contributed by atoms with van der Waals surface area (Å²) in [5.74, 6) is -1.90. The minimum Gasteiger partial charge on any atom is -0.352 e. The van der Waals surface area contributed by atoms with Crippen molar-refractivity contribution < 1.29 is 18.6 Å². The maximum absolute atomic E-state index is 13.0. The molecule has 7 nitrogen and oxygen atoms in total. The molecule has 1 fully saturated rings. The molecule has 3 rings (SSSR count). The van der Waals surface area contributed by atoms with Gasteiger partial charge in [0.05, 0.1) is 0 Å². The van der Waals surface area contributed by atoms with Gasteiger partial charge in [0, 0.05) is 33.2 Å². The van der Waals surface area contributed by atoms with Gasteiger partial charge in [0.25, 0.3) is 0 Å². The van der Waals surface area contributed by atoms with Crippen molar-refractivity contribution in [2.24, 2.45) is 0 Å². The second-order valence-electron chi connectivity index (χ2n) is 8.15. The number of nitrogens with zero attached hydrogens (tertiary/aromatic N) is 1. The van der Waals surface area contributed by atoms with Gasteiger partial charge in [0.15, 0.2) is 0 Å². The van der Waals surface area contributed by atoms with Gasteiger partial charge in [0.1, 0.15) is 18.1 Å². The van der Waals surface area contributed by atoms with E-state index in [9.17, 15) is 18.6 Å². The van der Waals surface area contributed by atoms with Crippen LogP contribution in [0.25, 0.3) is 0 Å². The lowest BCUT2D eigenvalue weighted by molar-refractivity contribution is -0.123. The Kier molecular flexibility index (Phi) is 9.03. The highest BCUT2D eigenvalue weighted by molar-refractivity contribution is 7.86. The van der Waals surface area contributed by atoms with Crippen LogP contribution >= 0.6 is 11.6 Å². The molecule has 9 heteroatoms. The lowest BCUT2D eigenvalue weighted by atomic mass is 10.2. The third-order valence-corrected chi connectivity index (χ3v) is 6.78. The molecule has 0 aliphatic heterocycles. The SMILES string of the molecule is Cc1ccc(NC(=O)C[S@](=O)CC(=O)N(CC(=O)NC2CCCC2)c2ccc(Cl)cc2)cc1. The molecule has 1 saturated carbocycles. The van der Waals surface area contributed by atoms with E-state index in [1.807, 2.05) is 19.1 Å². The Bertz CT molecular complexity index is 1010. The zero-order valence-electron chi connectivity index (χ0n) is 18.5. The van der Waals surface area contributed by atoms with Gasteiger partial charge < -0.3 is 15.5 Å². The fourth-order valence-corrected chi connectivity index (χ4v) is 4.70. The summed E-state index contributed by atoms with van der Waals surface area (Å²) in [5, 5.41) is 6.14. The van der Waals surface area contributed by atoms with Crippen molar-refractivity contribution >= 4 is 51.5 Å². The van der Waals surface area contributed by atoms with Gasteiger partial charge in [-0.1, -0.05) is 42.1 Å². The summed E-state index contributed by atoms with van der Waals surface area (Å²) in [4.78, 5) is 39.1. The predicted octanol–water partition coefficient (Wildman–Crippen LogP) is 3.43. The molecular weight excluding hydrogens is 462 g/mol. The maximum Gasteiger partial charge on any atom is 0.240 e. The Morgan fingerprint density at radius 3 is 2.24 bits per heavy atom. The molecule has 176 valence electrons.